The van der Waals surface area contributed by atoms with Gasteiger partial charge in [0.25, 0.3) is 0 Å². The van der Waals surface area contributed by atoms with E-state index in [-0.39, 0.29) is 11.4 Å². The number of hydrogen-bond donors (Lipinski definition) is 1. The molecule has 1 N–H and O–H groups in total. The molecule has 0 heterocycles. The van der Waals surface area contributed by atoms with Gasteiger partial charge in [-0.25, -0.2) is 0 Å². The maximum absolute atomic E-state index is 11.3. The van der Waals surface area contributed by atoms with E-state index in [1.807, 2.05) is 6.92 Å². The van der Waals surface area contributed by atoms with Gasteiger partial charge in [-0.2, -0.15) is 0 Å². The van der Waals surface area contributed by atoms with Crippen molar-refractivity contribution in [2.24, 2.45) is 5.41 Å². The minimum Gasteiger partial charge on any atom is -0.351 e. The number of hydrogen-bond acceptors (Lipinski definition) is 1. The Bertz CT molecular complexity index is 207. The van der Waals surface area contributed by atoms with E-state index in [1.54, 1.807) is 0 Å². The van der Waals surface area contributed by atoms with Crippen LogP contribution in [0.3, 0.4) is 0 Å². The van der Waals surface area contributed by atoms with Crippen LogP contribution in [0.5, 0.6) is 0 Å². The van der Waals surface area contributed by atoms with Gasteiger partial charge in [-0.3, -0.25) is 4.79 Å². The highest BCUT2D eigenvalue weighted by Crippen LogP contribution is 2.29. The molecule has 0 aliphatic rings. The molecule has 0 radical (unpaired) electrons. The molecule has 0 rings (SSSR count). The van der Waals surface area contributed by atoms with Gasteiger partial charge in [0.15, 0.2) is 0 Å². The van der Waals surface area contributed by atoms with E-state index < -0.39 is 0 Å². The number of carbonyl (C=O) groups excluding carboxylic acids is 1. The average Bonchev–Trinajstić information content (AvgIpc) is 2.14. The van der Waals surface area contributed by atoms with Crippen molar-refractivity contribution in [1.29, 1.82) is 0 Å². The first-order valence-electron chi connectivity index (χ1n) is 6.03. The van der Waals surface area contributed by atoms with E-state index in [0.717, 1.165) is 12.8 Å². The minimum atomic E-state index is -0.0699. The monoisotopic (exact) mass is 213 g/mol. The van der Waals surface area contributed by atoms with Crippen LogP contribution in [-0.2, 0) is 4.79 Å². The van der Waals surface area contributed by atoms with Gasteiger partial charge in [0.05, 0.1) is 0 Å². The Kier molecular flexibility index (Phi) is 5.33. The number of nitrogens with one attached hydrogen (secondary N) is 1. The van der Waals surface area contributed by atoms with Crippen LogP contribution in [0.1, 0.15) is 67.2 Å². The predicted molar refractivity (Wildman–Crippen MR) is 65.8 cm³/mol. The smallest absolute Gasteiger partial charge is 0.220 e. The fourth-order valence-electron chi connectivity index (χ4n) is 1.36. The van der Waals surface area contributed by atoms with Crippen molar-refractivity contribution in [3.63, 3.8) is 0 Å². The minimum absolute atomic E-state index is 0.0699. The second kappa shape index (κ2) is 5.53. The molecule has 0 aliphatic carbocycles. The molecular formula is C13H27NO. The second-order valence-electron chi connectivity index (χ2n) is 5.80. The number of amides is 1. The lowest BCUT2D eigenvalue weighted by atomic mass is 9.81. The molecule has 0 aromatic heterocycles. The summed E-state index contributed by atoms with van der Waals surface area (Å²) in [5, 5.41) is 3.06. The van der Waals surface area contributed by atoms with Gasteiger partial charge in [-0.1, -0.05) is 34.1 Å². The van der Waals surface area contributed by atoms with Gasteiger partial charge in [0, 0.05) is 12.0 Å². The van der Waals surface area contributed by atoms with Crippen LogP contribution in [0.15, 0.2) is 0 Å². The van der Waals surface area contributed by atoms with Crippen LogP contribution in [0.25, 0.3) is 0 Å². The molecule has 0 bridgehead atoms. The Labute approximate surface area is 94.8 Å². The summed E-state index contributed by atoms with van der Waals surface area (Å²) in [6.45, 7) is 12.9. The summed E-state index contributed by atoms with van der Waals surface area (Å²) in [5.41, 5.74) is 0.313. The molecule has 0 unspecified atom stereocenters. The highest BCUT2D eigenvalue weighted by molar-refractivity contribution is 5.76. The van der Waals surface area contributed by atoms with Gasteiger partial charge in [-0.05, 0) is 32.1 Å². The van der Waals surface area contributed by atoms with E-state index in [4.69, 9.17) is 0 Å². The highest BCUT2D eigenvalue weighted by Gasteiger charge is 2.24. The van der Waals surface area contributed by atoms with E-state index in [1.165, 1.54) is 6.42 Å². The normalized spacial score (nSPS) is 12.7. The fourth-order valence-corrected chi connectivity index (χ4v) is 1.36. The summed E-state index contributed by atoms with van der Waals surface area (Å²) in [6, 6.07) is 0. The third kappa shape index (κ3) is 6.53. The fraction of sp³-hybridized carbons (Fsp3) is 0.923. The standard InChI is InChI=1S/C13H27NO/c1-7-11(15)14-13(5,6)10-9-12(3,4)8-2/h7-10H2,1-6H3,(H,14,15). The lowest BCUT2D eigenvalue weighted by Gasteiger charge is -2.31. The second-order valence-corrected chi connectivity index (χ2v) is 5.80. The molecule has 0 aliphatic heterocycles. The molecule has 0 atom stereocenters. The molecule has 1 amide bonds. The van der Waals surface area contributed by atoms with Gasteiger partial charge in [0.1, 0.15) is 0 Å². The highest BCUT2D eigenvalue weighted by atomic mass is 16.1. The topological polar surface area (TPSA) is 29.1 Å². The van der Waals surface area contributed by atoms with Crippen LogP contribution in [0.4, 0.5) is 0 Å². The molecular weight excluding hydrogens is 186 g/mol. The zero-order valence-electron chi connectivity index (χ0n) is 11.2. The van der Waals surface area contributed by atoms with Crippen molar-refractivity contribution in [3.05, 3.63) is 0 Å². The molecule has 0 aromatic carbocycles. The zero-order chi connectivity index (χ0) is 12.1. The van der Waals surface area contributed by atoms with Crippen LogP contribution in [0.2, 0.25) is 0 Å². The van der Waals surface area contributed by atoms with Crippen LogP contribution < -0.4 is 5.32 Å². The molecule has 0 saturated heterocycles. The summed E-state index contributed by atoms with van der Waals surface area (Å²) in [7, 11) is 0. The van der Waals surface area contributed by atoms with Gasteiger partial charge < -0.3 is 5.32 Å². The largest absolute Gasteiger partial charge is 0.351 e. The van der Waals surface area contributed by atoms with E-state index in [9.17, 15) is 4.79 Å². The molecule has 0 saturated carbocycles. The Morgan fingerprint density at radius 1 is 1.07 bits per heavy atom. The van der Waals surface area contributed by atoms with E-state index >= 15 is 0 Å². The first-order chi connectivity index (χ1) is 6.72. The van der Waals surface area contributed by atoms with Crippen molar-refractivity contribution >= 4 is 5.91 Å². The Balaban J connectivity index is 4.09. The SMILES string of the molecule is CCC(=O)NC(C)(C)CCC(C)(C)CC. The van der Waals surface area contributed by atoms with Crippen molar-refractivity contribution in [2.75, 3.05) is 0 Å². The van der Waals surface area contributed by atoms with Crippen LogP contribution in [-0.4, -0.2) is 11.4 Å². The lowest BCUT2D eigenvalue weighted by Crippen LogP contribution is -2.43. The summed E-state index contributed by atoms with van der Waals surface area (Å²) >= 11 is 0. The zero-order valence-corrected chi connectivity index (χ0v) is 11.2. The lowest BCUT2D eigenvalue weighted by molar-refractivity contribution is -0.122. The predicted octanol–water partition coefficient (Wildman–Crippen LogP) is 3.51. The number of rotatable bonds is 6. The van der Waals surface area contributed by atoms with E-state index in [2.05, 4.69) is 39.9 Å². The van der Waals surface area contributed by atoms with Crippen molar-refractivity contribution in [1.82, 2.24) is 5.32 Å². The molecule has 90 valence electrons. The van der Waals surface area contributed by atoms with E-state index in [0.29, 0.717) is 11.8 Å². The van der Waals surface area contributed by atoms with Gasteiger partial charge in [-0.15, -0.1) is 0 Å². The van der Waals surface area contributed by atoms with Crippen LogP contribution in [0, 0.1) is 5.41 Å². The van der Waals surface area contributed by atoms with Crippen molar-refractivity contribution in [2.45, 2.75) is 72.8 Å². The summed E-state index contributed by atoms with van der Waals surface area (Å²) in [4.78, 5) is 11.3. The van der Waals surface area contributed by atoms with Crippen LogP contribution >= 0.6 is 0 Å². The first-order valence-corrected chi connectivity index (χ1v) is 6.03. The first kappa shape index (κ1) is 14.5. The summed E-state index contributed by atoms with van der Waals surface area (Å²) in [6.07, 6.45) is 3.95. The third-order valence-electron chi connectivity index (χ3n) is 3.18. The third-order valence-corrected chi connectivity index (χ3v) is 3.18. The Hall–Kier alpha value is -0.530. The van der Waals surface area contributed by atoms with Gasteiger partial charge in [0.2, 0.25) is 5.91 Å². The Morgan fingerprint density at radius 3 is 2.00 bits per heavy atom. The quantitative estimate of drug-likeness (QED) is 0.718. The molecule has 2 heteroatoms. The molecule has 0 spiro atoms. The van der Waals surface area contributed by atoms with Gasteiger partial charge >= 0.3 is 0 Å². The summed E-state index contributed by atoms with van der Waals surface area (Å²) < 4.78 is 0. The maximum Gasteiger partial charge on any atom is 0.220 e. The maximum atomic E-state index is 11.3. The summed E-state index contributed by atoms with van der Waals surface area (Å²) in [5.74, 6) is 0.148. The average molecular weight is 213 g/mol. The molecule has 0 fully saturated rings. The Morgan fingerprint density at radius 2 is 1.60 bits per heavy atom. The van der Waals surface area contributed by atoms with Crippen molar-refractivity contribution in [3.8, 4) is 0 Å². The molecule has 15 heavy (non-hydrogen) atoms. The van der Waals surface area contributed by atoms with Crippen molar-refractivity contribution < 1.29 is 4.79 Å². The molecule has 0 aromatic rings. The molecule has 2 nitrogen and oxygen atoms in total. The number of carbonyl (C=O) groups is 1.